The zero-order valence-corrected chi connectivity index (χ0v) is 15.8. The Labute approximate surface area is 159 Å². The minimum Gasteiger partial charge on any atom is -0.491 e. The van der Waals surface area contributed by atoms with E-state index in [9.17, 15) is 4.79 Å². The number of ether oxygens (including phenoxy) is 3. The van der Waals surface area contributed by atoms with Crippen molar-refractivity contribution in [3.63, 3.8) is 0 Å². The van der Waals surface area contributed by atoms with Gasteiger partial charge in [-0.25, -0.2) is 0 Å². The molecule has 5 heteroatoms. The lowest BCUT2D eigenvalue weighted by atomic mass is 10.0. The van der Waals surface area contributed by atoms with Crippen LogP contribution in [0.4, 0.5) is 0 Å². The first kappa shape index (κ1) is 17.7. The Morgan fingerprint density at radius 1 is 1.07 bits per heavy atom. The van der Waals surface area contributed by atoms with E-state index < -0.39 is 0 Å². The number of amides is 1. The van der Waals surface area contributed by atoms with E-state index in [1.165, 1.54) is 0 Å². The summed E-state index contributed by atoms with van der Waals surface area (Å²) in [5.41, 5.74) is 1.79. The van der Waals surface area contributed by atoms with Crippen molar-refractivity contribution < 1.29 is 19.0 Å². The Morgan fingerprint density at radius 3 is 2.56 bits per heavy atom. The van der Waals surface area contributed by atoms with Crippen LogP contribution in [0.15, 0.2) is 42.5 Å². The van der Waals surface area contributed by atoms with Gasteiger partial charge in [-0.1, -0.05) is 6.07 Å². The number of hydrogen-bond acceptors (Lipinski definition) is 4. The number of carbonyl (C=O) groups is 1. The van der Waals surface area contributed by atoms with Crippen LogP contribution >= 0.6 is 0 Å². The lowest BCUT2D eigenvalue weighted by molar-refractivity contribution is 0.0735. The van der Waals surface area contributed by atoms with Crippen LogP contribution in [0.5, 0.6) is 17.2 Å². The summed E-state index contributed by atoms with van der Waals surface area (Å²) in [7, 11) is 0. The molecule has 0 saturated carbocycles. The van der Waals surface area contributed by atoms with Gasteiger partial charge >= 0.3 is 0 Å². The quantitative estimate of drug-likeness (QED) is 0.812. The van der Waals surface area contributed by atoms with Gasteiger partial charge in [-0.15, -0.1) is 0 Å². The van der Waals surface area contributed by atoms with Crippen LogP contribution in [0.1, 0.15) is 48.7 Å². The number of rotatable bonds is 4. The number of nitrogens with zero attached hydrogens (tertiary/aromatic N) is 1. The maximum atomic E-state index is 13.1. The summed E-state index contributed by atoms with van der Waals surface area (Å²) in [5, 5.41) is 0. The summed E-state index contributed by atoms with van der Waals surface area (Å²) < 4.78 is 17.0. The summed E-state index contributed by atoms with van der Waals surface area (Å²) in [6, 6.07) is 13.5. The average Bonchev–Trinajstić information content (AvgIpc) is 3.17. The van der Waals surface area contributed by atoms with E-state index in [1.54, 1.807) is 0 Å². The highest BCUT2D eigenvalue weighted by Crippen LogP contribution is 2.38. The molecule has 0 aliphatic carbocycles. The van der Waals surface area contributed by atoms with Crippen LogP contribution < -0.4 is 14.2 Å². The van der Waals surface area contributed by atoms with Crippen LogP contribution in [0.3, 0.4) is 0 Å². The second-order valence-corrected chi connectivity index (χ2v) is 7.25. The van der Waals surface area contributed by atoms with Crippen LogP contribution in [0, 0.1) is 0 Å². The molecule has 0 aromatic heterocycles. The molecule has 0 radical (unpaired) electrons. The van der Waals surface area contributed by atoms with Gasteiger partial charge in [-0.3, -0.25) is 4.79 Å². The number of benzene rings is 2. The molecular formula is C22H25NO4. The fraction of sp³-hybridized carbons (Fsp3) is 0.409. The maximum Gasteiger partial charge on any atom is 0.254 e. The molecule has 1 saturated heterocycles. The molecule has 0 spiro atoms. The third-order valence-corrected chi connectivity index (χ3v) is 4.94. The highest BCUT2D eigenvalue weighted by Gasteiger charge is 2.31. The molecular weight excluding hydrogens is 342 g/mol. The molecule has 1 amide bonds. The van der Waals surface area contributed by atoms with Crippen molar-refractivity contribution in [3.05, 3.63) is 53.6 Å². The first-order chi connectivity index (χ1) is 13.1. The van der Waals surface area contributed by atoms with Gasteiger partial charge < -0.3 is 19.1 Å². The fourth-order valence-electron chi connectivity index (χ4n) is 3.74. The highest BCUT2D eigenvalue weighted by molar-refractivity contribution is 5.94. The van der Waals surface area contributed by atoms with E-state index in [2.05, 4.69) is 0 Å². The van der Waals surface area contributed by atoms with Crippen LogP contribution in [0.25, 0.3) is 0 Å². The second kappa shape index (κ2) is 7.51. The van der Waals surface area contributed by atoms with Crippen molar-refractivity contribution in [1.82, 2.24) is 4.90 Å². The molecule has 2 aliphatic rings. The van der Waals surface area contributed by atoms with Gasteiger partial charge in [0.25, 0.3) is 5.91 Å². The van der Waals surface area contributed by atoms with Crippen molar-refractivity contribution in [2.75, 3.05) is 19.8 Å². The van der Waals surface area contributed by atoms with Gasteiger partial charge in [0.15, 0.2) is 11.5 Å². The van der Waals surface area contributed by atoms with Crippen molar-refractivity contribution >= 4 is 5.91 Å². The molecule has 1 atom stereocenters. The first-order valence-corrected chi connectivity index (χ1v) is 9.59. The molecule has 2 aliphatic heterocycles. The molecule has 0 bridgehead atoms. The van der Waals surface area contributed by atoms with E-state index in [1.807, 2.05) is 61.2 Å². The van der Waals surface area contributed by atoms with Crippen molar-refractivity contribution in [3.8, 4) is 17.2 Å². The van der Waals surface area contributed by atoms with Crippen LogP contribution in [-0.2, 0) is 0 Å². The Bertz CT molecular complexity index is 816. The Kier molecular flexibility index (Phi) is 4.92. The number of hydrogen-bond donors (Lipinski definition) is 0. The first-order valence-electron chi connectivity index (χ1n) is 9.59. The zero-order chi connectivity index (χ0) is 18.8. The van der Waals surface area contributed by atoms with Crippen LogP contribution in [-0.4, -0.2) is 36.7 Å². The van der Waals surface area contributed by atoms with E-state index in [4.69, 9.17) is 14.2 Å². The molecule has 5 nitrogen and oxygen atoms in total. The highest BCUT2D eigenvalue weighted by atomic mass is 16.6. The average molecular weight is 367 g/mol. The van der Waals surface area contributed by atoms with E-state index in [0.717, 1.165) is 42.2 Å². The van der Waals surface area contributed by atoms with Gasteiger partial charge in [-0.2, -0.15) is 0 Å². The summed E-state index contributed by atoms with van der Waals surface area (Å²) >= 11 is 0. The molecule has 142 valence electrons. The fourth-order valence-corrected chi connectivity index (χ4v) is 3.74. The van der Waals surface area contributed by atoms with Gasteiger partial charge in [-0.05, 0) is 68.7 Å². The van der Waals surface area contributed by atoms with Gasteiger partial charge in [0.1, 0.15) is 19.0 Å². The number of fused-ring (bicyclic) bond motifs is 1. The Hall–Kier alpha value is -2.69. The summed E-state index contributed by atoms with van der Waals surface area (Å²) in [6.45, 7) is 5.89. The predicted octanol–water partition coefficient (Wildman–Crippen LogP) is 4.22. The second-order valence-electron chi connectivity index (χ2n) is 7.25. The van der Waals surface area contributed by atoms with Gasteiger partial charge in [0.05, 0.1) is 12.1 Å². The molecule has 1 fully saturated rings. The number of likely N-dealkylation sites (tertiary alicyclic amines) is 1. The summed E-state index contributed by atoms with van der Waals surface area (Å²) in [6.07, 6.45) is 2.07. The zero-order valence-electron chi connectivity index (χ0n) is 15.8. The molecule has 2 aromatic carbocycles. The van der Waals surface area contributed by atoms with Crippen LogP contribution in [0.2, 0.25) is 0 Å². The van der Waals surface area contributed by atoms with Crippen molar-refractivity contribution in [2.45, 2.75) is 38.8 Å². The van der Waals surface area contributed by atoms with E-state index in [-0.39, 0.29) is 18.1 Å². The summed E-state index contributed by atoms with van der Waals surface area (Å²) in [4.78, 5) is 15.0. The van der Waals surface area contributed by atoms with Crippen molar-refractivity contribution in [1.29, 1.82) is 0 Å². The van der Waals surface area contributed by atoms with Gasteiger partial charge in [0, 0.05) is 12.1 Å². The van der Waals surface area contributed by atoms with Gasteiger partial charge in [0.2, 0.25) is 0 Å². The molecule has 0 unspecified atom stereocenters. The topological polar surface area (TPSA) is 48.0 Å². The number of carbonyl (C=O) groups excluding carboxylic acids is 1. The maximum absolute atomic E-state index is 13.1. The van der Waals surface area contributed by atoms with Crippen molar-refractivity contribution in [2.24, 2.45) is 0 Å². The molecule has 4 rings (SSSR count). The molecule has 27 heavy (non-hydrogen) atoms. The molecule has 2 aromatic rings. The summed E-state index contributed by atoms with van der Waals surface area (Å²) in [5.74, 6) is 2.39. The predicted molar refractivity (Wildman–Crippen MR) is 103 cm³/mol. The standard InChI is InChI=1S/C22H25NO4/c1-15(2)27-18-8-5-16(6-9-18)22(24)23-11-3-4-19(23)17-7-10-20-21(14-17)26-13-12-25-20/h5-10,14-15,19H,3-4,11-13H2,1-2H3/t19-/m1/s1. The lowest BCUT2D eigenvalue weighted by Gasteiger charge is -2.27. The van der Waals surface area contributed by atoms with E-state index in [0.29, 0.717) is 18.8 Å². The normalized spacial score (nSPS) is 18.6. The Balaban J connectivity index is 1.53. The molecule has 0 N–H and O–H groups in total. The van der Waals surface area contributed by atoms with E-state index >= 15 is 0 Å². The molecule has 2 heterocycles. The largest absolute Gasteiger partial charge is 0.491 e. The third kappa shape index (κ3) is 3.72. The Morgan fingerprint density at radius 2 is 1.81 bits per heavy atom. The monoisotopic (exact) mass is 367 g/mol. The minimum absolute atomic E-state index is 0.0588. The minimum atomic E-state index is 0.0588. The third-order valence-electron chi connectivity index (χ3n) is 4.94. The lowest BCUT2D eigenvalue weighted by Crippen LogP contribution is -2.30. The SMILES string of the molecule is CC(C)Oc1ccc(C(=O)N2CCC[C@@H]2c2ccc3c(c2)OCCO3)cc1. The smallest absolute Gasteiger partial charge is 0.254 e.